The molecule has 3 amide bonds. The Hall–Kier alpha value is -2.82. The van der Waals surface area contributed by atoms with E-state index in [1.54, 1.807) is 4.90 Å². The van der Waals surface area contributed by atoms with E-state index in [-0.39, 0.29) is 23.3 Å². The van der Waals surface area contributed by atoms with Crippen LogP contribution in [-0.2, 0) is 10.2 Å². The Labute approximate surface area is 172 Å². The zero-order chi connectivity index (χ0) is 20.3. The van der Waals surface area contributed by atoms with Crippen LogP contribution in [0, 0.1) is 12.8 Å². The topological polar surface area (TPSA) is 61.4 Å². The van der Waals surface area contributed by atoms with E-state index < -0.39 is 0 Å². The summed E-state index contributed by atoms with van der Waals surface area (Å²) < 4.78 is 0. The number of rotatable bonds is 5. The number of urea groups is 1. The first-order valence-electron chi connectivity index (χ1n) is 10.5. The van der Waals surface area contributed by atoms with E-state index in [4.69, 9.17) is 0 Å². The second-order valence-corrected chi connectivity index (χ2v) is 8.39. The Morgan fingerprint density at radius 1 is 1.07 bits per heavy atom. The molecule has 1 heterocycles. The third-order valence-corrected chi connectivity index (χ3v) is 6.27. The lowest BCUT2D eigenvalue weighted by molar-refractivity contribution is -0.121. The van der Waals surface area contributed by atoms with Crippen LogP contribution in [0.4, 0.5) is 10.5 Å². The van der Waals surface area contributed by atoms with Gasteiger partial charge < -0.3 is 15.5 Å². The minimum absolute atomic E-state index is 0.00715. The summed E-state index contributed by atoms with van der Waals surface area (Å²) in [5.41, 5.74) is 3.52. The number of nitrogens with zero attached hydrogens (tertiary/aromatic N) is 1. The zero-order valence-corrected chi connectivity index (χ0v) is 17.0. The van der Waals surface area contributed by atoms with Gasteiger partial charge in [0, 0.05) is 30.7 Å². The summed E-state index contributed by atoms with van der Waals surface area (Å²) in [4.78, 5) is 27.2. The molecule has 29 heavy (non-hydrogen) atoms. The van der Waals surface area contributed by atoms with E-state index >= 15 is 0 Å². The molecule has 2 aromatic rings. The van der Waals surface area contributed by atoms with Crippen molar-refractivity contribution in [1.29, 1.82) is 0 Å². The molecule has 1 aliphatic carbocycles. The maximum Gasteiger partial charge on any atom is 0.317 e. The standard InChI is InChI=1S/C24H29N3O2/c1-18-8-5-6-12-21(18)24(13-14-24)17-25-23(29)27-15-7-9-19(16-27)22(28)26-20-10-3-2-4-11-20/h2-6,8,10-12,19H,7,9,13-17H2,1H3,(H,25,29)(H,26,28). The number of hydrogen-bond acceptors (Lipinski definition) is 2. The molecular weight excluding hydrogens is 362 g/mol. The Morgan fingerprint density at radius 2 is 1.79 bits per heavy atom. The van der Waals surface area contributed by atoms with Gasteiger partial charge in [-0.2, -0.15) is 0 Å². The lowest BCUT2D eigenvalue weighted by Gasteiger charge is -2.32. The second-order valence-electron chi connectivity index (χ2n) is 8.39. The Balaban J connectivity index is 1.32. The summed E-state index contributed by atoms with van der Waals surface area (Å²) in [6.07, 6.45) is 3.89. The number of nitrogens with one attached hydrogen (secondary N) is 2. The van der Waals surface area contributed by atoms with Crippen LogP contribution in [0.15, 0.2) is 54.6 Å². The van der Waals surface area contributed by atoms with Gasteiger partial charge >= 0.3 is 6.03 Å². The number of para-hydroxylation sites is 1. The molecule has 1 saturated carbocycles. The van der Waals surface area contributed by atoms with Crippen molar-refractivity contribution in [3.8, 4) is 0 Å². The highest BCUT2D eigenvalue weighted by molar-refractivity contribution is 5.93. The monoisotopic (exact) mass is 391 g/mol. The molecule has 2 fully saturated rings. The Kier molecular flexibility index (Phi) is 5.56. The number of piperidine rings is 1. The molecule has 0 bridgehead atoms. The first kappa shape index (κ1) is 19.5. The van der Waals surface area contributed by atoms with Gasteiger partial charge in [0.15, 0.2) is 0 Å². The fourth-order valence-electron chi connectivity index (χ4n) is 4.36. The molecule has 2 aromatic carbocycles. The highest BCUT2D eigenvalue weighted by atomic mass is 16.2. The van der Waals surface area contributed by atoms with Gasteiger partial charge in [0.05, 0.1) is 5.92 Å². The van der Waals surface area contributed by atoms with E-state index in [0.29, 0.717) is 19.6 Å². The average molecular weight is 392 g/mol. The molecule has 1 aliphatic heterocycles. The fourth-order valence-corrected chi connectivity index (χ4v) is 4.36. The SMILES string of the molecule is Cc1ccccc1C1(CNC(=O)N2CCCC(C(=O)Nc3ccccc3)C2)CC1. The number of amides is 3. The number of likely N-dealkylation sites (tertiary alicyclic amines) is 1. The minimum atomic E-state index is -0.166. The summed E-state index contributed by atoms with van der Waals surface area (Å²) >= 11 is 0. The van der Waals surface area contributed by atoms with Gasteiger partial charge in [-0.1, -0.05) is 42.5 Å². The quantitative estimate of drug-likeness (QED) is 0.807. The molecule has 0 radical (unpaired) electrons. The lowest BCUT2D eigenvalue weighted by atomic mass is 9.92. The van der Waals surface area contributed by atoms with Crippen LogP contribution in [-0.4, -0.2) is 36.5 Å². The second kappa shape index (κ2) is 8.27. The smallest absolute Gasteiger partial charge is 0.317 e. The normalized spacial score (nSPS) is 20.0. The molecule has 5 nitrogen and oxygen atoms in total. The van der Waals surface area contributed by atoms with E-state index in [1.165, 1.54) is 11.1 Å². The number of hydrogen-bond donors (Lipinski definition) is 2. The van der Waals surface area contributed by atoms with Crippen LogP contribution in [0.3, 0.4) is 0 Å². The average Bonchev–Trinajstić information content (AvgIpc) is 3.54. The van der Waals surface area contributed by atoms with Crippen molar-refractivity contribution < 1.29 is 9.59 Å². The molecule has 5 heteroatoms. The summed E-state index contributed by atoms with van der Waals surface area (Å²) in [5.74, 6) is -0.173. The molecule has 0 spiro atoms. The van der Waals surface area contributed by atoms with Crippen molar-refractivity contribution in [3.05, 3.63) is 65.7 Å². The maximum absolute atomic E-state index is 12.8. The van der Waals surface area contributed by atoms with Gasteiger partial charge in [-0.05, 0) is 55.9 Å². The lowest BCUT2D eigenvalue weighted by Crippen LogP contribution is -2.49. The summed E-state index contributed by atoms with van der Waals surface area (Å²) in [7, 11) is 0. The number of carbonyl (C=O) groups excluding carboxylic acids is 2. The molecule has 2 aliphatic rings. The van der Waals surface area contributed by atoms with Crippen molar-refractivity contribution in [2.45, 2.75) is 38.0 Å². The van der Waals surface area contributed by atoms with Gasteiger partial charge in [-0.15, -0.1) is 0 Å². The van der Waals surface area contributed by atoms with Crippen molar-refractivity contribution in [2.24, 2.45) is 5.92 Å². The molecule has 1 unspecified atom stereocenters. The van der Waals surface area contributed by atoms with E-state index in [9.17, 15) is 9.59 Å². The van der Waals surface area contributed by atoms with E-state index in [2.05, 4.69) is 41.8 Å². The van der Waals surface area contributed by atoms with Gasteiger partial charge in [-0.25, -0.2) is 4.79 Å². The third-order valence-electron chi connectivity index (χ3n) is 6.27. The van der Waals surface area contributed by atoms with Gasteiger partial charge in [-0.3, -0.25) is 4.79 Å². The van der Waals surface area contributed by atoms with Crippen LogP contribution in [0.25, 0.3) is 0 Å². The molecular formula is C24H29N3O2. The summed E-state index contributed by atoms with van der Waals surface area (Å²) in [6, 6.07) is 17.9. The molecule has 0 aromatic heterocycles. The van der Waals surface area contributed by atoms with E-state index in [0.717, 1.165) is 31.4 Å². The molecule has 1 saturated heterocycles. The molecule has 2 N–H and O–H groups in total. The number of carbonyl (C=O) groups is 2. The van der Waals surface area contributed by atoms with Crippen LogP contribution in [0.5, 0.6) is 0 Å². The van der Waals surface area contributed by atoms with Crippen LogP contribution < -0.4 is 10.6 Å². The van der Waals surface area contributed by atoms with Crippen LogP contribution in [0.2, 0.25) is 0 Å². The summed E-state index contributed by atoms with van der Waals surface area (Å²) in [6.45, 7) is 3.98. The van der Waals surface area contributed by atoms with Crippen molar-refractivity contribution in [1.82, 2.24) is 10.2 Å². The number of anilines is 1. The first-order valence-corrected chi connectivity index (χ1v) is 10.5. The largest absolute Gasteiger partial charge is 0.337 e. The first-order chi connectivity index (χ1) is 14.1. The predicted molar refractivity (Wildman–Crippen MR) is 115 cm³/mol. The highest BCUT2D eigenvalue weighted by Crippen LogP contribution is 2.48. The van der Waals surface area contributed by atoms with Crippen LogP contribution in [0.1, 0.15) is 36.8 Å². The maximum atomic E-state index is 12.8. The van der Waals surface area contributed by atoms with Crippen LogP contribution >= 0.6 is 0 Å². The van der Waals surface area contributed by atoms with Crippen molar-refractivity contribution in [3.63, 3.8) is 0 Å². The number of aryl methyl sites for hydroxylation is 1. The van der Waals surface area contributed by atoms with Gasteiger partial charge in [0.25, 0.3) is 0 Å². The van der Waals surface area contributed by atoms with Crippen molar-refractivity contribution in [2.75, 3.05) is 25.0 Å². The fraction of sp³-hybridized carbons (Fsp3) is 0.417. The minimum Gasteiger partial charge on any atom is -0.337 e. The van der Waals surface area contributed by atoms with Crippen molar-refractivity contribution >= 4 is 17.6 Å². The van der Waals surface area contributed by atoms with Gasteiger partial charge in [0.1, 0.15) is 0 Å². The zero-order valence-electron chi connectivity index (χ0n) is 17.0. The van der Waals surface area contributed by atoms with E-state index in [1.807, 2.05) is 30.3 Å². The molecule has 4 rings (SSSR count). The predicted octanol–water partition coefficient (Wildman–Crippen LogP) is 4.09. The number of benzene rings is 2. The Bertz CT molecular complexity index is 877. The molecule has 152 valence electrons. The molecule has 1 atom stereocenters. The Morgan fingerprint density at radius 3 is 2.52 bits per heavy atom. The van der Waals surface area contributed by atoms with Gasteiger partial charge in [0.2, 0.25) is 5.91 Å². The highest BCUT2D eigenvalue weighted by Gasteiger charge is 2.45. The third kappa shape index (κ3) is 4.44. The summed E-state index contributed by atoms with van der Waals surface area (Å²) in [5, 5.41) is 6.11.